The lowest BCUT2D eigenvalue weighted by Gasteiger charge is -2.41. The predicted molar refractivity (Wildman–Crippen MR) is 94.4 cm³/mol. The molecule has 1 aromatic heterocycles. The van der Waals surface area contributed by atoms with Gasteiger partial charge in [-0.2, -0.15) is 0 Å². The van der Waals surface area contributed by atoms with Crippen LogP contribution in [0.5, 0.6) is 0 Å². The van der Waals surface area contributed by atoms with Gasteiger partial charge in [0.15, 0.2) is 0 Å². The average Bonchev–Trinajstić information content (AvgIpc) is 3.03. The third-order valence-electron chi connectivity index (χ3n) is 4.68. The number of piperazine rings is 1. The van der Waals surface area contributed by atoms with Crippen molar-refractivity contribution in [2.45, 2.75) is 39.4 Å². The Morgan fingerprint density at radius 3 is 2.75 bits per heavy atom. The fourth-order valence-electron chi connectivity index (χ4n) is 3.46. The molecule has 1 saturated heterocycles. The van der Waals surface area contributed by atoms with Gasteiger partial charge in [0, 0.05) is 45.5 Å². The molecule has 128 valence electrons. The van der Waals surface area contributed by atoms with E-state index in [0.29, 0.717) is 0 Å². The SMILES string of the molecule is CCCn1ccnc1CN1CCN(C(C)=O)C(c2ccccc2)C1. The first-order valence-corrected chi connectivity index (χ1v) is 8.73. The number of carbonyl (C=O) groups is 1. The second-order valence-corrected chi connectivity index (χ2v) is 6.41. The van der Waals surface area contributed by atoms with Gasteiger partial charge in [-0.3, -0.25) is 9.69 Å². The van der Waals surface area contributed by atoms with Gasteiger partial charge < -0.3 is 9.47 Å². The van der Waals surface area contributed by atoms with Gasteiger partial charge in [-0.05, 0) is 12.0 Å². The third kappa shape index (κ3) is 3.67. The van der Waals surface area contributed by atoms with Crippen molar-refractivity contribution in [3.05, 3.63) is 54.1 Å². The number of hydrogen-bond acceptors (Lipinski definition) is 3. The van der Waals surface area contributed by atoms with Crippen molar-refractivity contribution >= 4 is 5.91 Å². The number of nitrogens with zero attached hydrogens (tertiary/aromatic N) is 4. The fourth-order valence-corrected chi connectivity index (χ4v) is 3.46. The molecule has 5 nitrogen and oxygen atoms in total. The lowest BCUT2D eigenvalue weighted by atomic mass is 10.0. The van der Waals surface area contributed by atoms with Crippen LogP contribution in [0.25, 0.3) is 0 Å². The Morgan fingerprint density at radius 1 is 1.25 bits per heavy atom. The highest BCUT2D eigenvalue weighted by Crippen LogP contribution is 2.26. The van der Waals surface area contributed by atoms with Gasteiger partial charge >= 0.3 is 0 Å². The molecule has 1 aromatic carbocycles. The molecule has 1 atom stereocenters. The molecule has 0 radical (unpaired) electrons. The number of hydrogen-bond donors (Lipinski definition) is 0. The summed E-state index contributed by atoms with van der Waals surface area (Å²) in [5.74, 6) is 1.26. The van der Waals surface area contributed by atoms with E-state index in [-0.39, 0.29) is 11.9 Å². The van der Waals surface area contributed by atoms with Crippen LogP contribution < -0.4 is 0 Å². The molecular weight excluding hydrogens is 300 g/mol. The Kier molecular flexibility index (Phi) is 5.30. The van der Waals surface area contributed by atoms with Gasteiger partial charge in [0.2, 0.25) is 5.91 Å². The van der Waals surface area contributed by atoms with Crippen molar-refractivity contribution in [3.8, 4) is 0 Å². The number of benzene rings is 1. The van der Waals surface area contributed by atoms with Crippen molar-refractivity contribution < 1.29 is 4.79 Å². The van der Waals surface area contributed by atoms with E-state index in [9.17, 15) is 4.79 Å². The molecule has 1 amide bonds. The Balaban J connectivity index is 1.75. The number of imidazole rings is 1. The first-order valence-electron chi connectivity index (χ1n) is 8.73. The highest BCUT2D eigenvalue weighted by atomic mass is 16.2. The second kappa shape index (κ2) is 7.62. The van der Waals surface area contributed by atoms with Crippen LogP contribution >= 0.6 is 0 Å². The first-order chi connectivity index (χ1) is 11.7. The molecule has 1 unspecified atom stereocenters. The fraction of sp³-hybridized carbons (Fsp3) is 0.474. The standard InChI is InChI=1S/C19H26N4O/c1-3-10-22-11-9-20-19(22)15-21-12-13-23(16(2)24)18(14-21)17-7-5-4-6-8-17/h4-9,11,18H,3,10,12-15H2,1-2H3. The van der Waals surface area contributed by atoms with Crippen LogP contribution in [0.3, 0.4) is 0 Å². The molecular formula is C19H26N4O. The normalized spacial score (nSPS) is 18.8. The summed E-state index contributed by atoms with van der Waals surface area (Å²) in [7, 11) is 0. The summed E-state index contributed by atoms with van der Waals surface area (Å²) in [4.78, 5) is 21.0. The maximum absolute atomic E-state index is 12.0. The molecule has 1 aliphatic heterocycles. The van der Waals surface area contributed by atoms with Crippen molar-refractivity contribution in [2.24, 2.45) is 0 Å². The topological polar surface area (TPSA) is 41.4 Å². The highest BCUT2D eigenvalue weighted by Gasteiger charge is 2.30. The van der Waals surface area contributed by atoms with Gasteiger partial charge in [-0.1, -0.05) is 37.3 Å². The minimum absolute atomic E-state index is 0.118. The summed E-state index contributed by atoms with van der Waals surface area (Å²) in [6.07, 6.45) is 5.04. The maximum atomic E-state index is 12.0. The van der Waals surface area contributed by atoms with Gasteiger partial charge in [0.1, 0.15) is 5.82 Å². The van der Waals surface area contributed by atoms with Crippen LogP contribution in [0, 0.1) is 0 Å². The van der Waals surface area contributed by atoms with Crippen molar-refractivity contribution in [1.82, 2.24) is 19.4 Å². The van der Waals surface area contributed by atoms with E-state index >= 15 is 0 Å². The molecule has 0 spiro atoms. The molecule has 2 heterocycles. The van der Waals surface area contributed by atoms with Crippen LogP contribution in [0.15, 0.2) is 42.7 Å². The molecule has 2 aromatic rings. The number of amides is 1. The molecule has 24 heavy (non-hydrogen) atoms. The Morgan fingerprint density at radius 2 is 2.04 bits per heavy atom. The Hall–Kier alpha value is -2.14. The highest BCUT2D eigenvalue weighted by molar-refractivity contribution is 5.74. The van der Waals surface area contributed by atoms with Crippen molar-refractivity contribution in [1.29, 1.82) is 0 Å². The Bertz CT molecular complexity index is 667. The van der Waals surface area contributed by atoms with E-state index in [1.807, 2.05) is 29.3 Å². The summed E-state index contributed by atoms with van der Waals surface area (Å²) in [5, 5.41) is 0. The van der Waals surface area contributed by atoms with Gasteiger partial charge in [-0.25, -0.2) is 4.98 Å². The van der Waals surface area contributed by atoms with E-state index in [2.05, 4.69) is 39.7 Å². The minimum Gasteiger partial charge on any atom is -0.334 e. The van der Waals surface area contributed by atoms with Crippen molar-refractivity contribution in [2.75, 3.05) is 19.6 Å². The monoisotopic (exact) mass is 326 g/mol. The molecule has 5 heteroatoms. The predicted octanol–water partition coefficient (Wildman–Crippen LogP) is 2.70. The van der Waals surface area contributed by atoms with Crippen LogP contribution in [0.4, 0.5) is 0 Å². The largest absolute Gasteiger partial charge is 0.334 e. The summed E-state index contributed by atoms with van der Waals surface area (Å²) in [5.41, 5.74) is 1.20. The third-order valence-corrected chi connectivity index (χ3v) is 4.68. The summed E-state index contributed by atoms with van der Waals surface area (Å²) in [6, 6.07) is 10.4. The van der Waals surface area contributed by atoms with Gasteiger partial charge in [-0.15, -0.1) is 0 Å². The quantitative estimate of drug-likeness (QED) is 0.848. The lowest BCUT2D eigenvalue weighted by molar-refractivity contribution is -0.134. The molecule has 3 rings (SSSR count). The number of aromatic nitrogens is 2. The van der Waals surface area contributed by atoms with Gasteiger partial charge in [0.25, 0.3) is 0 Å². The molecule has 1 aliphatic rings. The van der Waals surface area contributed by atoms with Crippen molar-refractivity contribution in [3.63, 3.8) is 0 Å². The van der Waals surface area contributed by atoms with Crippen LogP contribution in [-0.2, 0) is 17.9 Å². The van der Waals surface area contributed by atoms with E-state index < -0.39 is 0 Å². The average molecular weight is 326 g/mol. The number of carbonyl (C=O) groups excluding carboxylic acids is 1. The molecule has 0 N–H and O–H groups in total. The molecule has 0 aliphatic carbocycles. The summed E-state index contributed by atoms with van der Waals surface area (Å²) < 4.78 is 2.23. The zero-order valence-corrected chi connectivity index (χ0v) is 14.6. The Labute approximate surface area is 143 Å². The summed E-state index contributed by atoms with van der Waals surface area (Å²) in [6.45, 7) is 8.20. The van der Waals surface area contributed by atoms with E-state index in [4.69, 9.17) is 0 Å². The maximum Gasteiger partial charge on any atom is 0.220 e. The smallest absolute Gasteiger partial charge is 0.220 e. The minimum atomic E-state index is 0.118. The molecule has 0 saturated carbocycles. The van der Waals surface area contributed by atoms with Gasteiger partial charge in [0.05, 0.1) is 12.6 Å². The zero-order chi connectivity index (χ0) is 16.9. The van der Waals surface area contributed by atoms with Crippen LogP contribution in [0.2, 0.25) is 0 Å². The molecule has 0 bridgehead atoms. The van der Waals surface area contributed by atoms with Crippen LogP contribution in [0.1, 0.15) is 37.7 Å². The number of aryl methyl sites for hydroxylation is 1. The van der Waals surface area contributed by atoms with E-state index in [1.165, 1.54) is 5.56 Å². The second-order valence-electron chi connectivity index (χ2n) is 6.41. The molecule has 1 fully saturated rings. The first kappa shape index (κ1) is 16.7. The summed E-state index contributed by atoms with van der Waals surface area (Å²) >= 11 is 0. The van der Waals surface area contributed by atoms with Crippen LogP contribution in [-0.4, -0.2) is 44.9 Å². The number of rotatable bonds is 5. The van der Waals surface area contributed by atoms with E-state index in [0.717, 1.165) is 45.0 Å². The lowest BCUT2D eigenvalue weighted by Crippen LogP contribution is -2.49. The zero-order valence-electron chi connectivity index (χ0n) is 14.6. The van der Waals surface area contributed by atoms with E-state index in [1.54, 1.807) is 6.92 Å².